The molecule has 0 saturated carbocycles. The standard InChI is InChI=1S/C13H18ClNO/c1-15-13(12-8-4-5-9-16-12)10-6-2-3-7-11(10)14/h2-3,6-7,12-13,15H,4-5,8-9H2,1H3. The predicted octanol–water partition coefficient (Wildman–Crippen LogP) is 3.17. The van der Waals surface area contributed by atoms with E-state index in [0.717, 1.165) is 23.6 Å². The van der Waals surface area contributed by atoms with Gasteiger partial charge in [-0.1, -0.05) is 29.8 Å². The van der Waals surface area contributed by atoms with E-state index in [-0.39, 0.29) is 12.1 Å². The highest BCUT2D eigenvalue weighted by atomic mass is 35.5. The van der Waals surface area contributed by atoms with Gasteiger partial charge in [-0.3, -0.25) is 0 Å². The second-order valence-electron chi connectivity index (χ2n) is 4.19. The monoisotopic (exact) mass is 239 g/mol. The number of likely N-dealkylation sites (N-methyl/N-ethyl adjacent to an activating group) is 1. The van der Waals surface area contributed by atoms with Gasteiger partial charge in [0.25, 0.3) is 0 Å². The maximum atomic E-state index is 6.22. The summed E-state index contributed by atoms with van der Waals surface area (Å²) >= 11 is 6.22. The minimum Gasteiger partial charge on any atom is -0.376 e. The van der Waals surface area contributed by atoms with E-state index in [0.29, 0.717) is 0 Å². The van der Waals surface area contributed by atoms with Gasteiger partial charge in [0.05, 0.1) is 12.1 Å². The maximum Gasteiger partial charge on any atom is 0.0770 e. The normalized spacial score (nSPS) is 23.0. The van der Waals surface area contributed by atoms with E-state index in [1.165, 1.54) is 12.8 Å². The van der Waals surface area contributed by atoms with Crippen LogP contribution in [0.1, 0.15) is 30.9 Å². The van der Waals surface area contributed by atoms with Crippen molar-refractivity contribution < 1.29 is 4.74 Å². The summed E-state index contributed by atoms with van der Waals surface area (Å²) in [5.74, 6) is 0. The highest BCUT2D eigenvalue weighted by Crippen LogP contribution is 2.30. The zero-order valence-electron chi connectivity index (χ0n) is 9.58. The third-order valence-electron chi connectivity index (χ3n) is 3.14. The Hall–Kier alpha value is -0.570. The Balaban J connectivity index is 2.18. The Morgan fingerprint density at radius 3 is 2.81 bits per heavy atom. The molecule has 2 unspecified atom stereocenters. The summed E-state index contributed by atoms with van der Waals surface area (Å²) in [6.07, 6.45) is 3.78. The van der Waals surface area contributed by atoms with Crippen LogP contribution < -0.4 is 5.32 Å². The van der Waals surface area contributed by atoms with Crippen molar-refractivity contribution in [2.24, 2.45) is 0 Å². The first-order valence-electron chi connectivity index (χ1n) is 5.86. The third kappa shape index (κ3) is 2.57. The van der Waals surface area contributed by atoms with Crippen molar-refractivity contribution in [2.75, 3.05) is 13.7 Å². The van der Waals surface area contributed by atoms with Crippen molar-refractivity contribution in [2.45, 2.75) is 31.4 Å². The van der Waals surface area contributed by atoms with Crippen LogP contribution in [0, 0.1) is 0 Å². The third-order valence-corrected chi connectivity index (χ3v) is 3.48. The number of hydrogen-bond donors (Lipinski definition) is 1. The first-order chi connectivity index (χ1) is 7.83. The first-order valence-corrected chi connectivity index (χ1v) is 6.24. The quantitative estimate of drug-likeness (QED) is 0.875. The molecule has 1 fully saturated rings. The van der Waals surface area contributed by atoms with Crippen molar-refractivity contribution in [3.63, 3.8) is 0 Å². The molecule has 0 spiro atoms. The number of hydrogen-bond acceptors (Lipinski definition) is 2. The van der Waals surface area contributed by atoms with E-state index in [1.54, 1.807) is 0 Å². The molecule has 0 bridgehead atoms. The zero-order valence-corrected chi connectivity index (χ0v) is 10.3. The van der Waals surface area contributed by atoms with Gasteiger partial charge in [-0.2, -0.15) is 0 Å². The molecule has 16 heavy (non-hydrogen) atoms. The molecule has 2 rings (SSSR count). The van der Waals surface area contributed by atoms with Crippen LogP contribution in [0.25, 0.3) is 0 Å². The summed E-state index contributed by atoms with van der Waals surface area (Å²) in [4.78, 5) is 0. The Kier molecular flexibility index (Phi) is 4.22. The molecule has 3 heteroatoms. The molecule has 1 N–H and O–H groups in total. The number of rotatable bonds is 3. The zero-order chi connectivity index (χ0) is 11.4. The highest BCUT2D eigenvalue weighted by molar-refractivity contribution is 6.31. The topological polar surface area (TPSA) is 21.3 Å². The minimum absolute atomic E-state index is 0.203. The number of benzene rings is 1. The molecule has 1 saturated heterocycles. The van der Waals surface area contributed by atoms with E-state index < -0.39 is 0 Å². The molecule has 1 aromatic carbocycles. The van der Waals surface area contributed by atoms with E-state index >= 15 is 0 Å². The molecule has 88 valence electrons. The van der Waals surface area contributed by atoms with Crippen LogP contribution in [0.2, 0.25) is 5.02 Å². The van der Waals surface area contributed by atoms with Crippen molar-refractivity contribution in [3.8, 4) is 0 Å². The van der Waals surface area contributed by atoms with Crippen molar-refractivity contribution in [1.29, 1.82) is 0 Å². The van der Waals surface area contributed by atoms with Gasteiger partial charge in [0.15, 0.2) is 0 Å². The summed E-state index contributed by atoms with van der Waals surface area (Å²) < 4.78 is 5.82. The van der Waals surface area contributed by atoms with Crippen molar-refractivity contribution >= 4 is 11.6 Å². The number of halogens is 1. The molecule has 1 heterocycles. The van der Waals surface area contributed by atoms with Gasteiger partial charge < -0.3 is 10.1 Å². The fraction of sp³-hybridized carbons (Fsp3) is 0.538. The molecule has 0 aliphatic carbocycles. The molecule has 1 aromatic rings. The molecule has 1 aliphatic rings. The first kappa shape index (κ1) is 11.9. The Labute approximate surface area is 102 Å². The molecule has 1 aliphatic heterocycles. The van der Waals surface area contributed by atoms with E-state index in [1.807, 2.05) is 25.2 Å². The van der Waals surface area contributed by atoms with Crippen LogP contribution in [0.4, 0.5) is 0 Å². The lowest BCUT2D eigenvalue weighted by Gasteiger charge is -2.31. The van der Waals surface area contributed by atoms with E-state index in [4.69, 9.17) is 16.3 Å². The Morgan fingerprint density at radius 1 is 1.38 bits per heavy atom. The van der Waals surface area contributed by atoms with Crippen molar-refractivity contribution in [1.82, 2.24) is 5.32 Å². The van der Waals surface area contributed by atoms with Gasteiger partial charge in [-0.25, -0.2) is 0 Å². The predicted molar refractivity (Wildman–Crippen MR) is 66.8 cm³/mol. The van der Waals surface area contributed by atoms with Crippen LogP contribution in [0.5, 0.6) is 0 Å². The van der Waals surface area contributed by atoms with E-state index in [2.05, 4.69) is 11.4 Å². The van der Waals surface area contributed by atoms with Gasteiger partial charge in [0, 0.05) is 11.6 Å². The summed E-state index contributed by atoms with van der Waals surface area (Å²) in [5, 5.41) is 4.14. The minimum atomic E-state index is 0.203. The Bertz CT molecular complexity index is 336. The van der Waals surface area contributed by atoms with Crippen LogP contribution in [-0.2, 0) is 4.74 Å². The largest absolute Gasteiger partial charge is 0.376 e. The Morgan fingerprint density at radius 2 is 2.19 bits per heavy atom. The van der Waals surface area contributed by atoms with E-state index in [9.17, 15) is 0 Å². The average Bonchev–Trinajstić information content (AvgIpc) is 2.34. The van der Waals surface area contributed by atoms with Crippen LogP contribution >= 0.6 is 11.6 Å². The maximum absolute atomic E-state index is 6.22. The smallest absolute Gasteiger partial charge is 0.0770 e. The van der Waals surface area contributed by atoms with Gasteiger partial charge in [0.1, 0.15) is 0 Å². The molecular weight excluding hydrogens is 222 g/mol. The molecule has 0 radical (unpaired) electrons. The molecule has 2 nitrogen and oxygen atoms in total. The highest BCUT2D eigenvalue weighted by Gasteiger charge is 2.25. The van der Waals surface area contributed by atoms with Crippen LogP contribution in [0.15, 0.2) is 24.3 Å². The van der Waals surface area contributed by atoms with Gasteiger partial charge in [-0.05, 0) is 37.9 Å². The molecular formula is C13H18ClNO. The van der Waals surface area contributed by atoms with Crippen molar-refractivity contribution in [3.05, 3.63) is 34.9 Å². The van der Waals surface area contributed by atoms with Gasteiger partial charge in [-0.15, -0.1) is 0 Å². The second-order valence-corrected chi connectivity index (χ2v) is 4.60. The fourth-order valence-electron chi connectivity index (χ4n) is 2.30. The second kappa shape index (κ2) is 5.67. The van der Waals surface area contributed by atoms with Gasteiger partial charge in [0.2, 0.25) is 0 Å². The summed E-state index contributed by atoms with van der Waals surface area (Å²) in [7, 11) is 1.96. The summed E-state index contributed by atoms with van der Waals surface area (Å²) in [5.41, 5.74) is 1.14. The molecule has 2 atom stereocenters. The van der Waals surface area contributed by atoms with Crippen LogP contribution in [-0.4, -0.2) is 19.8 Å². The SMILES string of the molecule is CNC(c1ccccc1Cl)C1CCCCO1. The van der Waals surface area contributed by atoms with Crippen LogP contribution in [0.3, 0.4) is 0 Å². The number of nitrogens with one attached hydrogen (secondary N) is 1. The number of ether oxygens (including phenoxy) is 1. The summed E-state index contributed by atoms with van der Waals surface area (Å²) in [6, 6.07) is 8.19. The summed E-state index contributed by atoms with van der Waals surface area (Å²) in [6.45, 7) is 0.868. The lowest BCUT2D eigenvalue weighted by Crippen LogP contribution is -2.34. The van der Waals surface area contributed by atoms with Gasteiger partial charge >= 0.3 is 0 Å². The molecule has 0 aromatic heterocycles. The lowest BCUT2D eigenvalue weighted by molar-refractivity contribution is -0.00660. The molecule has 0 amide bonds. The lowest BCUT2D eigenvalue weighted by atomic mass is 9.96. The average molecular weight is 240 g/mol. The fourth-order valence-corrected chi connectivity index (χ4v) is 2.55.